The van der Waals surface area contributed by atoms with Crippen molar-refractivity contribution in [1.29, 1.82) is 0 Å². The van der Waals surface area contributed by atoms with Gasteiger partial charge in [0.1, 0.15) is 0 Å². The van der Waals surface area contributed by atoms with Crippen LogP contribution in [0.3, 0.4) is 0 Å². The first-order valence-electron chi connectivity index (χ1n) is 10.2. The van der Waals surface area contributed by atoms with Crippen molar-refractivity contribution in [2.75, 3.05) is 19.4 Å². The van der Waals surface area contributed by atoms with E-state index in [1.165, 1.54) is 31.8 Å². The molecule has 1 amide bonds. The standard InChI is InChI=1S/C23H33N3O3S/c1-16(2)14-19-10-12-20(13-11-19)17(3)24-18(4)23(27)25-21-8-7-9-22(15-21)30(28,29)26(5)6/h7-13,15-18,24H,14H2,1-6H3,(H,25,27)/t17-,18-/m1/s1. The highest BCUT2D eigenvalue weighted by Crippen LogP contribution is 2.19. The molecule has 0 saturated carbocycles. The van der Waals surface area contributed by atoms with E-state index in [1.54, 1.807) is 19.1 Å². The van der Waals surface area contributed by atoms with E-state index >= 15 is 0 Å². The van der Waals surface area contributed by atoms with Gasteiger partial charge in [-0.25, -0.2) is 12.7 Å². The van der Waals surface area contributed by atoms with Gasteiger partial charge in [-0.3, -0.25) is 10.1 Å². The summed E-state index contributed by atoms with van der Waals surface area (Å²) in [4.78, 5) is 12.8. The maximum absolute atomic E-state index is 12.6. The lowest BCUT2D eigenvalue weighted by atomic mass is 9.99. The van der Waals surface area contributed by atoms with Crippen molar-refractivity contribution in [3.8, 4) is 0 Å². The summed E-state index contributed by atoms with van der Waals surface area (Å²) in [6.07, 6.45) is 1.05. The molecule has 6 nitrogen and oxygen atoms in total. The molecule has 0 spiro atoms. The topological polar surface area (TPSA) is 78.5 Å². The summed E-state index contributed by atoms with van der Waals surface area (Å²) in [5.74, 6) is 0.388. The Bertz CT molecular complexity index is 954. The fourth-order valence-corrected chi connectivity index (χ4v) is 4.10. The monoisotopic (exact) mass is 431 g/mol. The molecule has 0 aliphatic heterocycles. The van der Waals surface area contributed by atoms with Crippen molar-refractivity contribution in [3.05, 3.63) is 59.7 Å². The van der Waals surface area contributed by atoms with Crippen molar-refractivity contribution >= 4 is 21.6 Å². The van der Waals surface area contributed by atoms with Crippen LogP contribution in [-0.4, -0.2) is 38.8 Å². The van der Waals surface area contributed by atoms with Crippen molar-refractivity contribution in [2.24, 2.45) is 5.92 Å². The molecule has 0 bridgehead atoms. The molecule has 2 rings (SSSR count). The number of nitrogens with one attached hydrogen (secondary N) is 2. The zero-order valence-corrected chi connectivity index (χ0v) is 19.5. The van der Waals surface area contributed by atoms with Crippen LogP contribution in [0, 0.1) is 5.92 Å². The quantitative estimate of drug-likeness (QED) is 0.633. The minimum Gasteiger partial charge on any atom is -0.325 e. The van der Waals surface area contributed by atoms with Crippen LogP contribution < -0.4 is 10.6 Å². The zero-order valence-electron chi connectivity index (χ0n) is 18.6. The van der Waals surface area contributed by atoms with Gasteiger partial charge in [-0.15, -0.1) is 0 Å². The Labute approximate surface area is 180 Å². The van der Waals surface area contributed by atoms with Gasteiger partial charge in [-0.2, -0.15) is 0 Å². The lowest BCUT2D eigenvalue weighted by Gasteiger charge is -2.20. The largest absolute Gasteiger partial charge is 0.325 e. The molecule has 0 unspecified atom stereocenters. The van der Waals surface area contributed by atoms with Crippen molar-refractivity contribution in [3.63, 3.8) is 0 Å². The molecule has 2 N–H and O–H groups in total. The molecule has 0 heterocycles. The Hall–Kier alpha value is -2.22. The normalized spacial score (nSPS) is 14.0. The van der Waals surface area contributed by atoms with Gasteiger partial charge in [0, 0.05) is 25.8 Å². The van der Waals surface area contributed by atoms with Gasteiger partial charge in [-0.1, -0.05) is 44.2 Å². The van der Waals surface area contributed by atoms with Crippen LogP contribution in [0.1, 0.15) is 44.9 Å². The summed E-state index contributed by atoms with van der Waals surface area (Å²) in [7, 11) is -0.604. The van der Waals surface area contributed by atoms with E-state index < -0.39 is 16.1 Å². The molecule has 164 valence electrons. The van der Waals surface area contributed by atoms with E-state index in [9.17, 15) is 13.2 Å². The van der Waals surface area contributed by atoms with Crippen molar-refractivity contribution in [1.82, 2.24) is 9.62 Å². The van der Waals surface area contributed by atoms with Crippen LogP contribution in [0.15, 0.2) is 53.4 Å². The van der Waals surface area contributed by atoms with E-state index in [2.05, 4.69) is 48.7 Å². The van der Waals surface area contributed by atoms with Crippen LogP contribution in [0.25, 0.3) is 0 Å². The molecule has 0 radical (unpaired) electrons. The van der Waals surface area contributed by atoms with E-state index in [0.29, 0.717) is 11.6 Å². The van der Waals surface area contributed by atoms with Gasteiger partial charge in [0.05, 0.1) is 10.9 Å². The number of carbonyl (C=O) groups excluding carboxylic acids is 1. The number of sulfonamides is 1. The molecule has 2 aromatic carbocycles. The average molecular weight is 432 g/mol. The highest BCUT2D eigenvalue weighted by atomic mass is 32.2. The molecule has 0 aliphatic rings. The Morgan fingerprint density at radius 1 is 1.00 bits per heavy atom. The molecular weight excluding hydrogens is 398 g/mol. The predicted molar refractivity (Wildman–Crippen MR) is 122 cm³/mol. The molecule has 2 aromatic rings. The van der Waals surface area contributed by atoms with E-state index in [1.807, 2.05) is 6.92 Å². The summed E-state index contributed by atoms with van der Waals surface area (Å²) in [6, 6.07) is 14.3. The fraction of sp³-hybridized carbons (Fsp3) is 0.435. The van der Waals surface area contributed by atoms with Gasteiger partial charge >= 0.3 is 0 Å². The molecule has 0 aliphatic carbocycles. The minimum atomic E-state index is -3.56. The minimum absolute atomic E-state index is 0.000645. The summed E-state index contributed by atoms with van der Waals surface area (Å²) >= 11 is 0. The Kier molecular flexibility index (Phi) is 8.18. The van der Waals surface area contributed by atoms with E-state index in [-0.39, 0.29) is 16.8 Å². The summed E-state index contributed by atoms with van der Waals surface area (Å²) in [5, 5.41) is 6.10. The van der Waals surface area contributed by atoms with Gasteiger partial charge in [0.25, 0.3) is 0 Å². The predicted octanol–water partition coefficient (Wildman–Crippen LogP) is 3.81. The first-order valence-corrected chi connectivity index (χ1v) is 11.6. The molecule has 0 saturated heterocycles. The highest BCUT2D eigenvalue weighted by molar-refractivity contribution is 7.89. The summed E-state index contributed by atoms with van der Waals surface area (Å²) in [5.41, 5.74) is 2.86. The number of amides is 1. The average Bonchev–Trinajstić information content (AvgIpc) is 2.68. The van der Waals surface area contributed by atoms with Gasteiger partial charge in [0.2, 0.25) is 15.9 Å². The van der Waals surface area contributed by atoms with Crippen LogP contribution in [-0.2, 0) is 21.2 Å². The van der Waals surface area contributed by atoms with Crippen LogP contribution in [0.4, 0.5) is 5.69 Å². The molecule has 0 aromatic heterocycles. The summed E-state index contributed by atoms with van der Waals surface area (Å²) in [6.45, 7) is 8.21. The Balaban J connectivity index is 2.01. The number of benzene rings is 2. The van der Waals surface area contributed by atoms with Gasteiger partial charge in [-0.05, 0) is 55.5 Å². The van der Waals surface area contributed by atoms with Gasteiger partial charge < -0.3 is 5.32 Å². The number of anilines is 1. The van der Waals surface area contributed by atoms with Crippen molar-refractivity contribution < 1.29 is 13.2 Å². The Morgan fingerprint density at radius 3 is 2.20 bits per heavy atom. The first kappa shape index (κ1) is 24.1. The summed E-state index contributed by atoms with van der Waals surface area (Å²) < 4.78 is 25.7. The van der Waals surface area contributed by atoms with E-state index in [0.717, 1.165) is 16.3 Å². The second-order valence-electron chi connectivity index (χ2n) is 8.25. The zero-order chi connectivity index (χ0) is 22.5. The number of nitrogens with zero attached hydrogens (tertiary/aromatic N) is 1. The maximum atomic E-state index is 12.6. The molecule has 2 atom stereocenters. The van der Waals surface area contributed by atoms with Crippen LogP contribution in [0.5, 0.6) is 0 Å². The number of hydrogen-bond acceptors (Lipinski definition) is 4. The lowest BCUT2D eigenvalue weighted by molar-refractivity contribution is -0.117. The Morgan fingerprint density at radius 2 is 1.63 bits per heavy atom. The number of hydrogen-bond donors (Lipinski definition) is 2. The lowest BCUT2D eigenvalue weighted by Crippen LogP contribution is -2.39. The smallest absolute Gasteiger partial charge is 0.242 e. The SMILES string of the molecule is CC(C)Cc1ccc([C@@H](C)N[C@H](C)C(=O)Nc2cccc(S(=O)(=O)N(C)C)c2)cc1. The molecular formula is C23H33N3O3S. The van der Waals surface area contributed by atoms with Crippen LogP contribution in [0.2, 0.25) is 0 Å². The first-order chi connectivity index (χ1) is 14.0. The van der Waals surface area contributed by atoms with Crippen molar-refractivity contribution in [2.45, 2.75) is 51.1 Å². The molecule has 30 heavy (non-hydrogen) atoms. The van der Waals surface area contributed by atoms with E-state index in [4.69, 9.17) is 0 Å². The molecule has 0 fully saturated rings. The fourth-order valence-electron chi connectivity index (χ4n) is 3.16. The second kappa shape index (κ2) is 10.2. The number of rotatable bonds is 9. The van der Waals surface area contributed by atoms with Crippen LogP contribution >= 0.6 is 0 Å². The van der Waals surface area contributed by atoms with Gasteiger partial charge in [0.15, 0.2) is 0 Å². The third-order valence-corrected chi connectivity index (χ3v) is 6.71. The highest BCUT2D eigenvalue weighted by Gasteiger charge is 2.20. The molecule has 7 heteroatoms. The second-order valence-corrected chi connectivity index (χ2v) is 10.4. The third-order valence-electron chi connectivity index (χ3n) is 4.90. The third kappa shape index (κ3) is 6.39. The number of carbonyl (C=O) groups is 1. The maximum Gasteiger partial charge on any atom is 0.242 e.